The van der Waals surface area contributed by atoms with Crippen molar-refractivity contribution in [3.63, 3.8) is 0 Å². The van der Waals surface area contributed by atoms with Crippen molar-refractivity contribution in [2.75, 3.05) is 17.4 Å². The van der Waals surface area contributed by atoms with Crippen molar-refractivity contribution in [2.24, 2.45) is 8.73 Å². The molecule has 0 amide bonds. The van der Waals surface area contributed by atoms with Gasteiger partial charge in [-0.1, -0.05) is 45.8 Å². The van der Waals surface area contributed by atoms with Crippen LogP contribution in [0.1, 0.15) is 23.3 Å². The smallest absolute Gasteiger partial charge is 0.214 e. The van der Waals surface area contributed by atoms with Gasteiger partial charge in [0.1, 0.15) is 0 Å². The molecule has 15 heteroatoms. The van der Waals surface area contributed by atoms with Crippen LogP contribution < -0.4 is 0 Å². The van der Waals surface area contributed by atoms with Gasteiger partial charge in [-0.3, -0.25) is 0 Å². The van der Waals surface area contributed by atoms with E-state index in [1.54, 1.807) is 6.92 Å². The van der Waals surface area contributed by atoms with Crippen LogP contribution in [0.3, 0.4) is 0 Å². The van der Waals surface area contributed by atoms with Crippen molar-refractivity contribution in [1.29, 1.82) is 10.5 Å². The van der Waals surface area contributed by atoms with Crippen molar-refractivity contribution in [2.45, 2.75) is 17.9 Å². The van der Waals surface area contributed by atoms with Crippen LogP contribution in [-0.4, -0.2) is 35.8 Å². The average molecular weight is 651 g/mol. The first kappa shape index (κ1) is 31.4. The Kier molecular flexibility index (Phi) is 13.8. The molecule has 2 heterocycles. The summed E-state index contributed by atoms with van der Waals surface area (Å²) in [5.41, 5.74) is 0.789. The summed E-state index contributed by atoms with van der Waals surface area (Å²) in [6.45, 7) is 1.59. The number of nitriles is 2. The van der Waals surface area contributed by atoms with Crippen LogP contribution in [0.2, 0.25) is 10.3 Å². The molecule has 0 aliphatic carbocycles. The SMILES string of the molecule is CC(c1cnc(Cl)c(F)c1)S(C)(=O)=NC#N.CI.CS(=O)(Cc1cnc(Cl)c(F)c1)=NC#N. The molecule has 180 valence electrons. The molecule has 8 nitrogen and oxygen atoms in total. The zero-order chi connectivity index (χ0) is 25.8. The van der Waals surface area contributed by atoms with Crippen molar-refractivity contribution in [3.05, 3.63) is 57.6 Å². The van der Waals surface area contributed by atoms with Crippen molar-refractivity contribution in [1.82, 2.24) is 9.97 Å². The first-order valence-electron chi connectivity index (χ1n) is 8.48. The van der Waals surface area contributed by atoms with Crippen LogP contribution in [0.4, 0.5) is 8.78 Å². The van der Waals surface area contributed by atoms with E-state index in [1.165, 1.54) is 37.3 Å². The molecular weight excluding hydrogens is 632 g/mol. The van der Waals surface area contributed by atoms with Crippen LogP contribution in [-0.2, 0) is 25.2 Å². The maximum Gasteiger partial charge on any atom is 0.214 e. The fourth-order valence-corrected chi connectivity index (χ4v) is 4.21. The Balaban J connectivity index is 0.000000578. The molecule has 0 radical (unpaired) electrons. The van der Waals surface area contributed by atoms with E-state index in [1.807, 2.05) is 4.93 Å². The Bertz CT molecular complexity index is 1300. The van der Waals surface area contributed by atoms with E-state index in [9.17, 15) is 17.2 Å². The number of alkyl halides is 1. The summed E-state index contributed by atoms with van der Waals surface area (Å²) in [6.07, 6.45) is 8.25. The minimum Gasteiger partial charge on any atom is -0.249 e. The van der Waals surface area contributed by atoms with Gasteiger partial charge in [0.25, 0.3) is 0 Å². The number of aromatic nitrogens is 2. The van der Waals surface area contributed by atoms with Gasteiger partial charge in [0.15, 0.2) is 21.9 Å². The zero-order valence-electron chi connectivity index (χ0n) is 17.8. The predicted molar refractivity (Wildman–Crippen MR) is 135 cm³/mol. The van der Waals surface area contributed by atoms with E-state index >= 15 is 0 Å². The minimum absolute atomic E-state index is 0.0261. The molecule has 0 aliphatic heterocycles. The third-order valence-corrected chi connectivity index (χ3v) is 7.61. The quantitative estimate of drug-likeness (QED) is 0.185. The van der Waals surface area contributed by atoms with Gasteiger partial charge >= 0.3 is 0 Å². The highest BCUT2D eigenvalue weighted by molar-refractivity contribution is 14.1. The summed E-state index contributed by atoms with van der Waals surface area (Å²) in [6, 6.07) is 2.28. The van der Waals surface area contributed by atoms with Crippen LogP contribution >= 0.6 is 45.8 Å². The maximum atomic E-state index is 13.1. The molecule has 0 saturated heterocycles. The number of hydrogen-bond donors (Lipinski definition) is 0. The summed E-state index contributed by atoms with van der Waals surface area (Å²) in [5.74, 6) is -1.39. The molecule has 0 spiro atoms. The summed E-state index contributed by atoms with van der Waals surface area (Å²) in [4.78, 5) is 9.15. The summed E-state index contributed by atoms with van der Waals surface area (Å²) in [7, 11) is -5.38. The lowest BCUT2D eigenvalue weighted by atomic mass is 10.2. The molecular formula is C18H19Cl2F2IN6O2S2. The molecule has 0 fully saturated rings. The van der Waals surface area contributed by atoms with Gasteiger partial charge in [-0.25, -0.2) is 27.2 Å². The Labute approximate surface area is 215 Å². The van der Waals surface area contributed by atoms with Gasteiger partial charge < -0.3 is 0 Å². The number of nitrogens with zero attached hydrogens (tertiary/aromatic N) is 6. The average Bonchev–Trinajstić information content (AvgIpc) is 2.74. The van der Waals surface area contributed by atoms with Gasteiger partial charge in [-0.15, -0.1) is 8.73 Å². The molecule has 3 atom stereocenters. The van der Waals surface area contributed by atoms with E-state index in [0.717, 1.165) is 12.1 Å². The van der Waals surface area contributed by atoms with Crippen LogP contribution in [0.15, 0.2) is 33.3 Å². The van der Waals surface area contributed by atoms with E-state index < -0.39 is 36.3 Å². The van der Waals surface area contributed by atoms with Gasteiger partial charge in [0, 0.05) is 24.9 Å². The van der Waals surface area contributed by atoms with E-state index in [0.29, 0.717) is 11.1 Å². The first-order valence-corrected chi connectivity index (χ1v) is 15.5. The van der Waals surface area contributed by atoms with Gasteiger partial charge in [0.2, 0.25) is 12.4 Å². The van der Waals surface area contributed by atoms with Crippen molar-refractivity contribution >= 4 is 65.3 Å². The molecule has 0 N–H and O–H groups in total. The Hall–Kier alpha value is -1.65. The lowest BCUT2D eigenvalue weighted by molar-refractivity contribution is 0.618. The third kappa shape index (κ3) is 10.9. The molecule has 0 aromatic carbocycles. The summed E-state index contributed by atoms with van der Waals surface area (Å²) in [5, 5.41) is 15.6. The lowest BCUT2D eigenvalue weighted by Gasteiger charge is -2.12. The van der Waals surface area contributed by atoms with Crippen molar-refractivity contribution in [3.8, 4) is 12.4 Å². The highest BCUT2D eigenvalue weighted by atomic mass is 127. The van der Waals surface area contributed by atoms with E-state index in [4.69, 9.17) is 33.7 Å². The fourth-order valence-electron chi connectivity index (χ4n) is 2.04. The molecule has 2 rings (SSSR count). The Morgan fingerprint density at radius 2 is 1.52 bits per heavy atom. The zero-order valence-corrected chi connectivity index (χ0v) is 23.1. The molecule has 0 aliphatic rings. The Morgan fingerprint density at radius 3 is 1.97 bits per heavy atom. The molecule has 0 bridgehead atoms. The minimum atomic E-state index is -2.73. The third-order valence-electron chi connectivity index (χ3n) is 3.69. The largest absolute Gasteiger partial charge is 0.249 e. The van der Waals surface area contributed by atoms with E-state index in [2.05, 4.69) is 41.3 Å². The lowest BCUT2D eigenvalue weighted by Crippen LogP contribution is -2.08. The maximum absolute atomic E-state index is 13.1. The second-order valence-corrected chi connectivity index (χ2v) is 11.9. The summed E-state index contributed by atoms with van der Waals surface area (Å²) < 4.78 is 56.2. The van der Waals surface area contributed by atoms with E-state index in [-0.39, 0.29) is 16.1 Å². The molecule has 2 aromatic rings. The normalized spacial score (nSPS) is 14.3. The highest BCUT2D eigenvalue weighted by Gasteiger charge is 2.18. The number of pyridine rings is 2. The number of rotatable bonds is 4. The topological polar surface area (TPSA) is 132 Å². The van der Waals surface area contributed by atoms with Gasteiger partial charge in [-0.2, -0.15) is 10.5 Å². The molecule has 33 heavy (non-hydrogen) atoms. The van der Waals surface area contributed by atoms with Crippen LogP contribution in [0.5, 0.6) is 0 Å². The van der Waals surface area contributed by atoms with Crippen LogP contribution in [0, 0.1) is 34.5 Å². The van der Waals surface area contributed by atoms with Crippen LogP contribution in [0.25, 0.3) is 0 Å². The second-order valence-electron chi connectivity index (χ2n) is 6.15. The highest BCUT2D eigenvalue weighted by Crippen LogP contribution is 2.24. The predicted octanol–water partition coefficient (Wildman–Crippen LogP) is 5.52. The van der Waals surface area contributed by atoms with Crippen molar-refractivity contribution < 1.29 is 17.2 Å². The second kappa shape index (κ2) is 14.6. The fraction of sp³-hybridized carbons (Fsp3) is 0.333. The standard InChI is InChI=1S/C9H9ClFN3OS.C8H7ClFN3OS.CH3I/c1-6(16(2,15)14-5-12)7-3-8(11)9(10)13-4-7;1-15(14,13-5-11)4-6-2-7(10)8(9)12-3-6;1-2/h3-4,6H,1-2H3;2-3H,4H2,1H3;1H3. The molecule has 2 aromatic heterocycles. The molecule has 0 saturated carbocycles. The number of halogens is 5. The molecule has 3 unspecified atom stereocenters. The Morgan fingerprint density at radius 1 is 1.03 bits per heavy atom. The summed E-state index contributed by atoms with van der Waals surface area (Å²) >= 11 is 13.0. The first-order chi connectivity index (χ1) is 15.3. The van der Waals surface area contributed by atoms with Gasteiger partial charge in [-0.05, 0) is 35.1 Å². The number of hydrogen-bond acceptors (Lipinski definition) is 8. The monoisotopic (exact) mass is 650 g/mol. The van der Waals surface area contributed by atoms with Gasteiger partial charge in [0.05, 0.1) is 30.5 Å².